The predicted octanol–water partition coefficient (Wildman–Crippen LogP) is 4.17. The highest BCUT2D eigenvalue weighted by Gasteiger charge is 2.16. The number of benzene rings is 2. The van der Waals surface area contributed by atoms with Gasteiger partial charge >= 0.3 is 0 Å². The Hall–Kier alpha value is -3.13. The molecule has 33 heavy (non-hydrogen) atoms. The van der Waals surface area contributed by atoms with Crippen molar-refractivity contribution in [1.82, 2.24) is 20.1 Å². The third-order valence-electron chi connectivity index (χ3n) is 4.91. The van der Waals surface area contributed by atoms with Crippen LogP contribution >= 0.6 is 11.8 Å². The molecule has 1 aromatic heterocycles. The Bertz CT molecular complexity index is 1050. The molecule has 1 N–H and O–H groups in total. The summed E-state index contributed by atoms with van der Waals surface area (Å²) in [5, 5.41) is 11.9. The summed E-state index contributed by atoms with van der Waals surface area (Å²) < 4.78 is 7.91. The lowest BCUT2D eigenvalue weighted by molar-refractivity contribution is -0.118. The standard InChI is InChI=1S/C25H30N4O3S/c1-4-19-10-12-21(13-11-19)32-16-23-27-28-25(29(23)15-18(2)3)33-17-24(31)26-14-22(30)20-8-6-5-7-9-20/h5-13,18H,4,14-17H2,1-3H3,(H,26,31). The highest BCUT2D eigenvalue weighted by molar-refractivity contribution is 7.99. The number of ketones is 1. The molecule has 0 aliphatic rings. The molecule has 3 rings (SSSR count). The second-order valence-electron chi connectivity index (χ2n) is 8.04. The molecule has 1 amide bonds. The van der Waals surface area contributed by atoms with Crippen LogP contribution in [-0.2, 0) is 24.4 Å². The molecule has 0 saturated carbocycles. The number of Topliss-reactive ketones (excluding diaryl/α,β-unsaturated/α-hetero) is 1. The van der Waals surface area contributed by atoms with Crippen molar-refractivity contribution in [2.75, 3.05) is 12.3 Å². The van der Waals surface area contributed by atoms with Gasteiger partial charge in [0.2, 0.25) is 5.91 Å². The van der Waals surface area contributed by atoms with E-state index in [4.69, 9.17) is 4.74 Å². The van der Waals surface area contributed by atoms with Gasteiger partial charge in [-0.15, -0.1) is 10.2 Å². The van der Waals surface area contributed by atoms with Crippen molar-refractivity contribution >= 4 is 23.5 Å². The lowest BCUT2D eigenvalue weighted by atomic mass is 10.1. The molecule has 0 bridgehead atoms. The van der Waals surface area contributed by atoms with Gasteiger partial charge in [-0.3, -0.25) is 9.59 Å². The molecule has 0 fully saturated rings. The fourth-order valence-corrected chi connectivity index (χ4v) is 3.93. The van der Waals surface area contributed by atoms with Gasteiger partial charge in [-0.25, -0.2) is 0 Å². The van der Waals surface area contributed by atoms with E-state index in [9.17, 15) is 9.59 Å². The van der Waals surface area contributed by atoms with E-state index in [2.05, 4.69) is 48.4 Å². The first-order valence-corrected chi connectivity index (χ1v) is 12.1. The average Bonchev–Trinajstić information content (AvgIpc) is 3.21. The van der Waals surface area contributed by atoms with Crippen LogP contribution in [0.5, 0.6) is 5.75 Å². The summed E-state index contributed by atoms with van der Waals surface area (Å²) in [5.41, 5.74) is 1.84. The molecule has 0 radical (unpaired) electrons. The third-order valence-corrected chi connectivity index (χ3v) is 5.88. The molecular formula is C25H30N4O3S. The van der Waals surface area contributed by atoms with Crippen molar-refractivity contribution in [3.63, 3.8) is 0 Å². The molecular weight excluding hydrogens is 436 g/mol. The minimum Gasteiger partial charge on any atom is -0.486 e. The zero-order chi connectivity index (χ0) is 23.6. The minimum atomic E-state index is -0.225. The van der Waals surface area contributed by atoms with E-state index < -0.39 is 0 Å². The quantitative estimate of drug-likeness (QED) is 0.319. The Morgan fingerprint density at radius 1 is 1.06 bits per heavy atom. The molecule has 0 aliphatic heterocycles. The Kier molecular flexibility index (Phi) is 9.06. The van der Waals surface area contributed by atoms with E-state index in [1.54, 1.807) is 24.3 Å². The maximum Gasteiger partial charge on any atom is 0.230 e. The molecule has 0 unspecified atom stereocenters. The van der Waals surface area contributed by atoms with Gasteiger partial charge < -0.3 is 14.6 Å². The summed E-state index contributed by atoms with van der Waals surface area (Å²) in [6.45, 7) is 7.33. The largest absolute Gasteiger partial charge is 0.486 e. The van der Waals surface area contributed by atoms with E-state index in [0.717, 1.165) is 18.7 Å². The van der Waals surface area contributed by atoms with Crippen LogP contribution in [0.25, 0.3) is 0 Å². The molecule has 0 atom stereocenters. The van der Waals surface area contributed by atoms with Crippen molar-refractivity contribution in [3.8, 4) is 5.75 Å². The van der Waals surface area contributed by atoms with Crippen molar-refractivity contribution in [3.05, 3.63) is 71.5 Å². The fourth-order valence-electron chi connectivity index (χ4n) is 3.14. The van der Waals surface area contributed by atoms with Crippen molar-refractivity contribution in [1.29, 1.82) is 0 Å². The number of aromatic nitrogens is 3. The first kappa shape index (κ1) is 24.5. The second-order valence-corrected chi connectivity index (χ2v) is 8.99. The molecule has 0 spiro atoms. The Labute approximate surface area is 198 Å². The number of hydrogen-bond donors (Lipinski definition) is 1. The van der Waals surface area contributed by atoms with Gasteiger partial charge in [0, 0.05) is 12.1 Å². The van der Waals surface area contributed by atoms with Gasteiger partial charge in [0.05, 0.1) is 12.3 Å². The third kappa shape index (κ3) is 7.46. The SMILES string of the molecule is CCc1ccc(OCc2nnc(SCC(=O)NCC(=O)c3ccccc3)n2CC(C)C)cc1. The Morgan fingerprint density at radius 2 is 1.79 bits per heavy atom. The average molecular weight is 467 g/mol. The Balaban J connectivity index is 1.56. The van der Waals surface area contributed by atoms with Crippen LogP contribution in [-0.4, -0.2) is 38.8 Å². The lowest BCUT2D eigenvalue weighted by Gasteiger charge is -2.13. The minimum absolute atomic E-state index is 0.0298. The van der Waals surface area contributed by atoms with Crippen LogP contribution in [0.4, 0.5) is 0 Å². The van der Waals surface area contributed by atoms with Crippen molar-refractivity contribution in [2.24, 2.45) is 5.92 Å². The van der Waals surface area contributed by atoms with E-state index in [1.165, 1.54) is 17.3 Å². The van der Waals surface area contributed by atoms with Gasteiger partial charge in [-0.1, -0.05) is 75.0 Å². The molecule has 174 valence electrons. The Morgan fingerprint density at radius 3 is 2.45 bits per heavy atom. The molecule has 7 nitrogen and oxygen atoms in total. The normalized spacial score (nSPS) is 10.9. The van der Waals surface area contributed by atoms with Gasteiger partial charge in [-0.2, -0.15) is 0 Å². The molecule has 1 heterocycles. The van der Waals surface area contributed by atoms with E-state index in [-0.39, 0.29) is 24.0 Å². The second kappa shape index (κ2) is 12.2. The van der Waals surface area contributed by atoms with E-state index in [1.807, 2.05) is 22.8 Å². The number of nitrogens with zero attached hydrogens (tertiary/aromatic N) is 3. The predicted molar refractivity (Wildman–Crippen MR) is 130 cm³/mol. The number of rotatable bonds is 12. The summed E-state index contributed by atoms with van der Waals surface area (Å²) in [6.07, 6.45) is 0.984. The first-order valence-electron chi connectivity index (χ1n) is 11.1. The monoisotopic (exact) mass is 466 g/mol. The number of hydrogen-bond acceptors (Lipinski definition) is 6. The highest BCUT2D eigenvalue weighted by Crippen LogP contribution is 2.20. The maximum atomic E-state index is 12.3. The summed E-state index contributed by atoms with van der Waals surface area (Å²) in [6, 6.07) is 16.9. The summed E-state index contributed by atoms with van der Waals surface area (Å²) in [7, 11) is 0. The molecule has 0 saturated heterocycles. The highest BCUT2D eigenvalue weighted by atomic mass is 32.2. The van der Waals surface area contributed by atoms with Crippen LogP contribution in [0.2, 0.25) is 0 Å². The molecule has 3 aromatic rings. The van der Waals surface area contributed by atoms with Gasteiger partial charge in [0.15, 0.2) is 16.8 Å². The van der Waals surface area contributed by atoms with E-state index >= 15 is 0 Å². The topological polar surface area (TPSA) is 86.1 Å². The summed E-state index contributed by atoms with van der Waals surface area (Å²) in [4.78, 5) is 24.5. The van der Waals surface area contributed by atoms with Gasteiger partial charge in [0.25, 0.3) is 0 Å². The molecule has 8 heteroatoms. The van der Waals surface area contributed by atoms with E-state index in [0.29, 0.717) is 29.1 Å². The number of amides is 1. The van der Waals surface area contributed by atoms with Crippen LogP contribution in [0.1, 0.15) is 42.5 Å². The van der Waals surface area contributed by atoms with Crippen LogP contribution in [0.3, 0.4) is 0 Å². The van der Waals surface area contributed by atoms with Crippen LogP contribution in [0.15, 0.2) is 59.8 Å². The number of carbonyl (C=O) groups is 2. The zero-order valence-corrected chi connectivity index (χ0v) is 20.1. The van der Waals surface area contributed by atoms with Crippen LogP contribution < -0.4 is 10.1 Å². The van der Waals surface area contributed by atoms with Gasteiger partial charge in [0.1, 0.15) is 12.4 Å². The number of aryl methyl sites for hydroxylation is 1. The summed E-state index contributed by atoms with van der Waals surface area (Å²) >= 11 is 1.30. The number of ether oxygens (including phenoxy) is 1. The van der Waals surface area contributed by atoms with Crippen molar-refractivity contribution in [2.45, 2.75) is 45.5 Å². The zero-order valence-electron chi connectivity index (χ0n) is 19.3. The fraction of sp³-hybridized carbons (Fsp3) is 0.360. The maximum absolute atomic E-state index is 12.3. The van der Waals surface area contributed by atoms with Crippen molar-refractivity contribution < 1.29 is 14.3 Å². The number of thioether (sulfide) groups is 1. The summed E-state index contributed by atoms with van der Waals surface area (Å²) in [5.74, 6) is 1.67. The lowest BCUT2D eigenvalue weighted by Crippen LogP contribution is -2.31. The van der Waals surface area contributed by atoms with Crippen LogP contribution in [0, 0.1) is 5.92 Å². The molecule has 0 aliphatic carbocycles. The molecule has 2 aromatic carbocycles. The number of nitrogens with one attached hydrogen (secondary N) is 1. The number of carbonyl (C=O) groups excluding carboxylic acids is 2. The smallest absolute Gasteiger partial charge is 0.230 e. The first-order chi connectivity index (χ1) is 16.0. The van der Waals surface area contributed by atoms with Gasteiger partial charge in [-0.05, 0) is 30.0 Å².